The van der Waals surface area contributed by atoms with Crippen molar-refractivity contribution >= 4 is 35.8 Å². The van der Waals surface area contributed by atoms with Gasteiger partial charge in [0.25, 0.3) is 5.79 Å². The van der Waals surface area contributed by atoms with Gasteiger partial charge in [-0.2, -0.15) is 0 Å². The Kier molecular flexibility index (Phi) is 14.3. The number of carbonyl (C=O) groups is 6. The Balaban J connectivity index is 2.58. The minimum Gasteiger partial charge on any atom is -0.465 e. The largest absolute Gasteiger partial charge is 0.465 e. The maximum Gasteiger partial charge on any atom is 0.366 e. The molecular formula is C27H37N3O16. The minimum absolute atomic E-state index is 0.258. The number of hydrogen-bond donors (Lipinski definition) is 0. The third kappa shape index (κ3) is 10.4. The first-order valence-corrected chi connectivity index (χ1v) is 13.8. The van der Waals surface area contributed by atoms with Crippen LogP contribution in [0.15, 0.2) is 17.8 Å². The number of hydrogen-bond acceptors (Lipinski definition) is 17. The summed E-state index contributed by atoms with van der Waals surface area (Å²) in [6.45, 7) is 7.58. The van der Waals surface area contributed by atoms with Gasteiger partial charge in [0.15, 0.2) is 30.7 Å². The van der Waals surface area contributed by atoms with Gasteiger partial charge in [0, 0.05) is 39.5 Å². The summed E-state index contributed by atoms with van der Waals surface area (Å²) in [5.41, 5.74) is 8.97. The molecule has 0 aromatic carbocycles. The zero-order valence-electron chi connectivity index (χ0n) is 26.1. The molecule has 2 fully saturated rings. The standard InChI is InChI=1S/C27H37N3O16/c1-8-9-40-27(26(36)37-7)10-19(41-13(2)31)22(44-16(5)34)23(46-27)20(42-14(3)32)12-39-25-24(45-17(6)35)21(43-15(4)33)18(11-38-25)29-30-28/h8,18-25H,1,9-12H2,2-7H3/t18-,19+,20+,21-,22+,23+,24+,25+,27+/m0/s1. The lowest BCUT2D eigenvalue weighted by atomic mass is 9.91. The monoisotopic (exact) mass is 659 g/mol. The Morgan fingerprint density at radius 1 is 0.935 bits per heavy atom. The number of nitrogens with zero attached hydrogens (tertiary/aromatic N) is 3. The predicted octanol–water partition coefficient (Wildman–Crippen LogP) is 0.558. The van der Waals surface area contributed by atoms with E-state index in [1.165, 1.54) is 6.08 Å². The van der Waals surface area contributed by atoms with E-state index in [0.717, 1.165) is 41.7 Å². The molecule has 0 amide bonds. The SMILES string of the molecule is C=CCO[C@]1(C(=O)OC)C[C@@H](OC(C)=O)[C@@H](OC(C)=O)[C@@H]([C@@H](CO[C@H]2OC[C@H](N=[N+]=[N-])[C@H](OC(C)=O)[C@H]2OC(C)=O)OC(C)=O)O1. The van der Waals surface area contributed by atoms with E-state index in [0.29, 0.717) is 0 Å². The van der Waals surface area contributed by atoms with Crippen LogP contribution in [-0.2, 0) is 76.1 Å². The fourth-order valence-corrected chi connectivity index (χ4v) is 4.82. The normalized spacial score (nSPS) is 29.5. The Morgan fingerprint density at radius 2 is 1.52 bits per heavy atom. The van der Waals surface area contributed by atoms with Crippen LogP contribution in [0, 0.1) is 0 Å². The van der Waals surface area contributed by atoms with E-state index >= 15 is 0 Å². The molecule has 2 aliphatic rings. The highest BCUT2D eigenvalue weighted by atomic mass is 16.8. The molecule has 0 bridgehead atoms. The average Bonchev–Trinajstić information content (AvgIpc) is 2.96. The molecule has 0 aromatic heterocycles. The fourth-order valence-electron chi connectivity index (χ4n) is 4.82. The zero-order valence-corrected chi connectivity index (χ0v) is 26.1. The summed E-state index contributed by atoms with van der Waals surface area (Å²) in [7, 11) is 1.05. The van der Waals surface area contributed by atoms with Crippen LogP contribution in [0.4, 0.5) is 0 Å². The molecule has 19 nitrogen and oxygen atoms in total. The van der Waals surface area contributed by atoms with Crippen LogP contribution in [-0.4, -0.2) is 117 Å². The van der Waals surface area contributed by atoms with Crippen LogP contribution >= 0.6 is 0 Å². The molecule has 9 atom stereocenters. The summed E-state index contributed by atoms with van der Waals surface area (Å²) < 4.78 is 55.0. The van der Waals surface area contributed by atoms with Crippen molar-refractivity contribution in [1.82, 2.24) is 0 Å². The van der Waals surface area contributed by atoms with Gasteiger partial charge in [0.1, 0.15) is 18.2 Å². The van der Waals surface area contributed by atoms with Crippen molar-refractivity contribution in [2.75, 3.05) is 26.9 Å². The molecule has 256 valence electrons. The third-order valence-electron chi connectivity index (χ3n) is 6.35. The highest BCUT2D eigenvalue weighted by Crippen LogP contribution is 2.38. The van der Waals surface area contributed by atoms with E-state index in [2.05, 4.69) is 16.6 Å². The number of carbonyl (C=O) groups excluding carboxylic acids is 6. The van der Waals surface area contributed by atoms with Gasteiger partial charge in [-0.15, -0.1) is 6.58 Å². The quantitative estimate of drug-likeness (QED) is 0.0617. The summed E-state index contributed by atoms with van der Waals surface area (Å²) in [5, 5.41) is 3.54. The van der Waals surface area contributed by atoms with Crippen molar-refractivity contribution in [2.45, 2.75) is 95.8 Å². The van der Waals surface area contributed by atoms with Crippen LogP contribution in [0.3, 0.4) is 0 Å². The van der Waals surface area contributed by atoms with E-state index < -0.39 is 104 Å². The fraction of sp³-hybridized carbons (Fsp3) is 0.704. The van der Waals surface area contributed by atoms with Crippen LogP contribution in [0.1, 0.15) is 41.0 Å². The van der Waals surface area contributed by atoms with Crippen molar-refractivity contribution < 1.29 is 76.1 Å². The number of methoxy groups -OCH3 is 1. The van der Waals surface area contributed by atoms with Crippen molar-refractivity contribution in [1.29, 1.82) is 0 Å². The van der Waals surface area contributed by atoms with Crippen molar-refractivity contribution in [3.63, 3.8) is 0 Å². The second-order valence-electron chi connectivity index (χ2n) is 9.96. The van der Waals surface area contributed by atoms with E-state index in [1.807, 2.05) is 0 Å². The number of ether oxygens (including phenoxy) is 10. The molecule has 0 aromatic rings. The van der Waals surface area contributed by atoms with E-state index in [-0.39, 0.29) is 13.2 Å². The van der Waals surface area contributed by atoms with Gasteiger partial charge in [-0.25, -0.2) is 4.79 Å². The molecule has 0 unspecified atom stereocenters. The lowest BCUT2D eigenvalue weighted by molar-refractivity contribution is -0.329. The number of rotatable bonds is 14. The highest BCUT2D eigenvalue weighted by molar-refractivity contribution is 5.78. The lowest BCUT2D eigenvalue weighted by Crippen LogP contribution is -2.65. The summed E-state index contributed by atoms with van der Waals surface area (Å²) in [5.74, 6) is -7.55. The smallest absolute Gasteiger partial charge is 0.366 e. The zero-order chi connectivity index (χ0) is 34.6. The molecule has 0 saturated carbocycles. The second kappa shape index (κ2) is 17.4. The van der Waals surface area contributed by atoms with Crippen molar-refractivity contribution in [3.8, 4) is 0 Å². The summed E-state index contributed by atoms with van der Waals surface area (Å²) in [6.07, 6.45) is -9.67. The Hall–Kier alpha value is -4.29. The first-order valence-electron chi connectivity index (χ1n) is 13.8. The van der Waals surface area contributed by atoms with Gasteiger partial charge in [-0.3, -0.25) is 24.0 Å². The molecule has 0 spiro atoms. The van der Waals surface area contributed by atoms with Gasteiger partial charge >= 0.3 is 35.8 Å². The second-order valence-corrected chi connectivity index (χ2v) is 9.96. The lowest BCUT2D eigenvalue weighted by Gasteiger charge is -2.47. The summed E-state index contributed by atoms with van der Waals surface area (Å²) in [4.78, 5) is 76.2. The number of azide groups is 1. The maximum absolute atomic E-state index is 13.1. The molecule has 2 rings (SSSR count). The van der Waals surface area contributed by atoms with Gasteiger partial charge in [-0.1, -0.05) is 11.2 Å². The Bertz CT molecular complexity index is 1210. The van der Waals surface area contributed by atoms with Crippen LogP contribution in [0.5, 0.6) is 0 Å². The molecular weight excluding hydrogens is 622 g/mol. The van der Waals surface area contributed by atoms with Gasteiger partial charge in [-0.05, 0) is 5.53 Å². The summed E-state index contributed by atoms with van der Waals surface area (Å²) >= 11 is 0. The van der Waals surface area contributed by atoms with Gasteiger partial charge in [0.05, 0.1) is 33.4 Å². The minimum atomic E-state index is -2.28. The van der Waals surface area contributed by atoms with Crippen molar-refractivity contribution in [2.24, 2.45) is 5.11 Å². The molecule has 19 heteroatoms. The number of esters is 6. The van der Waals surface area contributed by atoms with E-state index in [9.17, 15) is 28.8 Å². The Labute approximate surface area is 263 Å². The molecule has 46 heavy (non-hydrogen) atoms. The predicted molar refractivity (Wildman–Crippen MR) is 147 cm³/mol. The van der Waals surface area contributed by atoms with E-state index in [1.54, 1.807) is 0 Å². The topological polar surface area (TPSA) is 243 Å². The van der Waals surface area contributed by atoms with Gasteiger partial charge in [0.2, 0.25) is 0 Å². The van der Waals surface area contributed by atoms with Crippen LogP contribution in [0.25, 0.3) is 10.4 Å². The first-order chi connectivity index (χ1) is 21.7. The maximum atomic E-state index is 13.1. The average molecular weight is 660 g/mol. The molecule has 2 saturated heterocycles. The highest BCUT2D eigenvalue weighted by Gasteiger charge is 2.59. The molecule has 2 aliphatic heterocycles. The summed E-state index contributed by atoms with van der Waals surface area (Å²) in [6, 6.07) is -1.12. The molecule has 0 radical (unpaired) electrons. The Morgan fingerprint density at radius 3 is 2.04 bits per heavy atom. The van der Waals surface area contributed by atoms with Gasteiger partial charge < -0.3 is 47.4 Å². The molecule has 0 N–H and O–H groups in total. The molecule has 0 aliphatic carbocycles. The van der Waals surface area contributed by atoms with Crippen molar-refractivity contribution in [3.05, 3.63) is 23.1 Å². The van der Waals surface area contributed by atoms with Crippen LogP contribution < -0.4 is 0 Å². The third-order valence-corrected chi connectivity index (χ3v) is 6.35. The van der Waals surface area contributed by atoms with Crippen LogP contribution in [0.2, 0.25) is 0 Å². The first kappa shape index (κ1) is 37.9. The van der Waals surface area contributed by atoms with E-state index in [4.69, 9.17) is 52.9 Å². The molecule has 2 heterocycles.